The molecule has 0 spiro atoms. The van der Waals surface area contributed by atoms with Crippen LogP contribution in [-0.4, -0.2) is 29.8 Å². The number of aliphatic hydroxyl groups excluding tert-OH is 1. The van der Waals surface area contributed by atoms with Crippen molar-refractivity contribution in [2.45, 2.75) is 46.1 Å². The van der Waals surface area contributed by atoms with Crippen molar-refractivity contribution >= 4 is 5.91 Å². The SMILES string of the molecule is CCC(CC)(CO)NC(=O)COc1cc(C)ccc1C. The van der Waals surface area contributed by atoms with Crippen molar-refractivity contribution < 1.29 is 14.6 Å². The molecule has 4 nitrogen and oxygen atoms in total. The minimum Gasteiger partial charge on any atom is -0.483 e. The Morgan fingerprint density at radius 1 is 1.30 bits per heavy atom. The van der Waals surface area contributed by atoms with Crippen LogP contribution in [0.2, 0.25) is 0 Å². The Morgan fingerprint density at radius 2 is 1.95 bits per heavy atom. The highest BCUT2D eigenvalue weighted by atomic mass is 16.5. The van der Waals surface area contributed by atoms with E-state index < -0.39 is 5.54 Å². The number of nitrogens with one attached hydrogen (secondary N) is 1. The third-order valence-electron chi connectivity index (χ3n) is 3.76. The lowest BCUT2D eigenvalue weighted by atomic mass is 9.94. The van der Waals surface area contributed by atoms with E-state index in [1.165, 1.54) is 0 Å². The Labute approximate surface area is 121 Å². The fourth-order valence-electron chi connectivity index (χ4n) is 2.03. The van der Waals surface area contributed by atoms with E-state index in [0.717, 1.165) is 16.9 Å². The fraction of sp³-hybridized carbons (Fsp3) is 0.562. The summed E-state index contributed by atoms with van der Waals surface area (Å²) in [7, 11) is 0. The van der Waals surface area contributed by atoms with Crippen LogP contribution in [0.1, 0.15) is 37.8 Å². The molecule has 0 unspecified atom stereocenters. The van der Waals surface area contributed by atoms with Gasteiger partial charge in [-0.05, 0) is 43.9 Å². The molecule has 0 atom stereocenters. The van der Waals surface area contributed by atoms with E-state index in [1.54, 1.807) is 0 Å². The van der Waals surface area contributed by atoms with E-state index in [0.29, 0.717) is 12.8 Å². The highest BCUT2D eigenvalue weighted by Crippen LogP contribution is 2.19. The maximum atomic E-state index is 12.0. The number of hydrogen-bond acceptors (Lipinski definition) is 3. The van der Waals surface area contributed by atoms with Gasteiger partial charge in [-0.25, -0.2) is 0 Å². The van der Waals surface area contributed by atoms with E-state index in [1.807, 2.05) is 45.9 Å². The van der Waals surface area contributed by atoms with Crippen molar-refractivity contribution in [3.8, 4) is 5.75 Å². The lowest BCUT2D eigenvalue weighted by molar-refractivity contribution is -0.125. The number of carbonyl (C=O) groups is 1. The van der Waals surface area contributed by atoms with Crippen molar-refractivity contribution in [3.05, 3.63) is 29.3 Å². The maximum Gasteiger partial charge on any atom is 0.258 e. The highest BCUT2D eigenvalue weighted by molar-refractivity contribution is 5.78. The standard InChI is InChI=1S/C16H25NO3/c1-5-16(6-2,11-18)17-15(19)10-20-14-9-12(3)7-8-13(14)4/h7-9,18H,5-6,10-11H2,1-4H3,(H,17,19). The first-order valence-corrected chi connectivity index (χ1v) is 7.08. The summed E-state index contributed by atoms with van der Waals surface area (Å²) < 4.78 is 5.57. The molecule has 1 aromatic carbocycles. The monoisotopic (exact) mass is 279 g/mol. The molecule has 4 heteroatoms. The Balaban J connectivity index is 2.61. The molecular weight excluding hydrogens is 254 g/mol. The van der Waals surface area contributed by atoms with Crippen LogP contribution in [-0.2, 0) is 4.79 Å². The molecule has 0 bridgehead atoms. The Hall–Kier alpha value is -1.55. The molecule has 0 fully saturated rings. The number of amides is 1. The summed E-state index contributed by atoms with van der Waals surface area (Å²) in [4.78, 5) is 12.0. The van der Waals surface area contributed by atoms with Gasteiger partial charge < -0.3 is 15.2 Å². The van der Waals surface area contributed by atoms with Crippen LogP contribution < -0.4 is 10.1 Å². The van der Waals surface area contributed by atoms with Gasteiger partial charge in [0.15, 0.2) is 6.61 Å². The molecule has 0 heterocycles. The Bertz CT molecular complexity index is 445. The van der Waals surface area contributed by atoms with Gasteiger partial charge in [-0.15, -0.1) is 0 Å². The van der Waals surface area contributed by atoms with Gasteiger partial charge in [0.25, 0.3) is 5.91 Å². The summed E-state index contributed by atoms with van der Waals surface area (Å²) >= 11 is 0. The van der Waals surface area contributed by atoms with Gasteiger partial charge in [0.05, 0.1) is 12.1 Å². The maximum absolute atomic E-state index is 12.0. The third-order valence-corrected chi connectivity index (χ3v) is 3.76. The quantitative estimate of drug-likeness (QED) is 0.805. The molecule has 0 aliphatic carbocycles. The van der Waals surface area contributed by atoms with Crippen molar-refractivity contribution in [2.24, 2.45) is 0 Å². The Morgan fingerprint density at radius 3 is 2.50 bits per heavy atom. The van der Waals surface area contributed by atoms with E-state index >= 15 is 0 Å². The minimum absolute atomic E-state index is 0.0357. The minimum atomic E-state index is -0.540. The summed E-state index contributed by atoms with van der Waals surface area (Å²) in [5, 5.41) is 12.3. The molecule has 0 saturated carbocycles. The van der Waals surface area contributed by atoms with Crippen molar-refractivity contribution in [3.63, 3.8) is 0 Å². The van der Waals surface area contributed by atoms with Gasteiger partial charge in [0.2, 0.25) is 0 Å². The average molecular weight is 279 g/mol. The first-order chi connectivity index (χ1) is 9.46. The van der Waals surface area contributed by atoms with Crippen molar-refractivity contribution in [1.82, 2.24) is 5.32 Å². The van der Waals surface area contributed by atoms with Crippen LogP contribution in [0.4, 0.5) is 0 Å². The summed E-state index contributed by atoms with van der Waals surface area (Å²) in [6.45, 7) is 7.73. The Kier molecular flexibility index (Phi) is 6.02. The normalized spacial score (nSPS) is 11.2. The number of aryl methyl sites for hydroxylation is 2. The lowest BCUT2D eigenvalue weighted by Crippen LogP contribution is -2.51. The zero-order valence-corrected chi connectivity index (χ0v) is 12.8. The molecule has 1 amide bonds. The number of aliphatic hydroxyl groups is 1. The predicted octanol–water partition coefficient (Wildman–Crippen LogP) is 2.35. The van der Waals surface area contributed by atoms with Gasteiger partial charge in [-0.1, -0.05) is 26.0 Å². The van der Waals surface area contributed by atoms with Gasteiger partial charge in [-0.2, -0.15) is 0 Å². The van der Waals surface area contributed by atoms with Crippen molar-refractivity contribution in [1.29, 1.82) is 0 Å². The molecule has 0 aliphatic rings. The fourth-order valence-corrected chi connectivity index (χ4v) is 2.03. The predicted molar refractivity (Wildman–Crippen MR) is 80.0 cm³/mol. The van der Waals surface area contributed by atoms with Crippen LogP contribution in [0, 0.1) is 13.8 Å². The summed E-state index contributed by atoms with van der Waals surface area (Å²) in [6.07, 6.45) is 1.38. The molecule has 0 aliphatic heterocycles. The van der Waals surface area contributed by atoms with Crippen LogP contribution in [0.15, 0.2) is 18.2 Å². The van der Waals surface area contributed by atoms with Crippen LogP contribution >= 0.6 is 0 Å². The second-order valence-electron chi connectivity index (χ2n) is 5.25. The summed E-state index contributed by atoms with van der Waals surface area (Å²) in [5.74, 6) is 0.520. The molecule has 20 heavy (non-hydrogen) atoms. The first-order valence-electron chi connectivity index (χ1n) is 7.08. The van der Waals surface area contributed by atoms with E-state index in [4.69, 9.17) is 4.74 Å². The number of benzene rings is 1. The first kappa shape index (κ1) is 16.5. The molecule has 1 rings (SSSR count). The zero-order chi connectivity index (χ0) is 15.2. The molecule has 0 aromatic heterocycles. The number of carbonyl (C=O) groups excluding carboxylic acids is 1. The second kappa shape index (κ2) is 7.29. The second-order valence-corrected chi connectivity index (χ2v) is 5.25. The van der Waals surface area contributed by atoms with E-state index in [9.17, 15) is 9.90 Å². The van der Waals surface area contributed by atoms with Crippen LogP contribution in [0.25, 0.3) is 0 Å². The molecule has 1 aromatic rings. The largest absolute Gasteiger partial charge is 0.483 e. The zero-order valence-electron chi connectivity index (χ0n) is 12.8. The van der Waals surface area contributed by atoms with E-state index in [2.05, 4.69) is 5.32 Å². The summed E-state index contributed by atoms with van der Waals surface area (Å²) in [5.41, 5.74) is 1.56. The highest BCUT2D eigenvalue weighted by Gasteiger charge is 2.27. The lowest BCUT2D eigenvalue weighted by Gasteiger charge is -2.30. The number of ether oxygens (including phenoxy) is 1. The third kappa shape index (κ3) is 4.23. The summed E-state index contributed by atoms with van der Waals surface area (Å²) in [6, 6.07) is 5.90. The van der Waals surface area contributed by atoms with Gasteiger partial charge in [0, 0.05) is 0 Å². The smallest absolute Gasteiger partial charge is 0.258 e. The molecule has 2 N–H and O–H groups in total. The molecule has 0 radical (unpaired) electrons. The van der Waals surface area contributed by atoms with Gasteiger partial charge in [-0.3, -0.25) is 4.79 Å². The number of rotatable bonds is 7. The molecule has 112 valence electrons. The van der Waals surface area contributed by atoms with E-state index in [-0.39, 0.29) is 19.1 Å². The van der Waals surface area contributed by atoms with Crippen LogP contribution in [0.5, 0.6) is 5.75 Å². The average Bonchev–Trinajstić information content (AvgIpc) is 2.46. The van der Waals surface area contributed by atoms with Gasteiger partial charge >= 0.3 is 0 Å². The van der Waals surface area contributed by atoms with Crippen LogP contribution in [0.3, 0.4) is 0 Å². The van der Waals surface area contributed by atoms with Crippen molar-refractivity contribution in [2.75, 3.05) is 13.2 Å². The number of hydrogen-bond donors (Lipinski definition) is 2. The topological polar surface area (TPSA) is 58.6 Å². The van der Waals surface area contributed by atoms with Gasteiger partial charge in [0.1, 0.15) is 5.75 Å². The molecular formula is C16H25NO3. The molecule has 0 saturated heterocycles.